The normalized spacial score (nSPS) is 22.8. The van der Waals surface area contributed by atoms with Crippen molar-refractivity contribution >= 4 is 11.5 Å². The molecule has 1 unspecified atom stereocenters. The molecule has 1 aliphatic heterocycles. The number of hydrogen-bond donors (Lipinski definition) is 0. The number of carbonyl (C=O) groups is 1. The zero-order valence-electron chi connectivity index (χ0n) is 8.09. The summed E-state index contributed by atoms with van der Waals surface area (Å²) in [4.78, 5) is 15.8. The number of hydrogen-bond acceptors (Lipinski definition) is 3. The van der Waals surface area contributed by atoms with Crippen molar-refractivity contribution in [3.63, 3.8) is 0 Å². The van der Waals surface area contributed by atoms with E-state index in [9.17, 15) is 4.79 Å². The van der Waals surface area contributed by atoms with Crippen LogP contribution in [0.2, 0.25) is 0 Å². The van der Waals surface area contributed by atoms with E-state index in [1.807, 2.05) is 19.9 Å². The molecule has 0 aromatic carbocycles. The monoisotopic (exact) mass is 176 g/mol. The third-order valence-corrected chi connectivity index (χ3v) is 2.29. The number of Topliss-reactive ketones (excluding diaryl/α,β-unsaturated/α-hetero) is 1. The van der Waals surface area contributed by atoms with E-state index < -0.39 is 0 Å². The molecule has 1 atom stereocenters. The standard InChI is InChI=1S/C10H12N2O/c1-4-8-6(2)12-7(3)9(5-11)10(8)13/h8H,4H2,1-3H3. The van der Waals surface area contributed by atoms with Crippen molar-refractivity contribution in [2.75, 3.05) is 0 Å². The predicted molar refractivity (Wildman–Crippen MR) is 50.2 cm³/mol. The second-order valence-corrected chi connectivity index (χ2v) is 3.15. The molecule has 0 aromatic heterocycles. The molecular formula is C10H12N2O. The lowest BCUT2D eigenvalue weighted by atomic mass is 9.88. The van der Waals surface area contributed by atoms with E-state index >= 15 is 0 Å². The number of aliphatic imine (C=N–C) groups is 1. The Kier molecular flexibility index (Phi) is 2.62. The average molecular weight is 176 g/mol. The molecule has 1 rings (SSSR count). The molecule has 0 fully saturated rings. The van der Waals surface area contributed by atoms with Gasteiger partial charge in [0.15, 0.2) is 5.78 Å². The summed E-state index contributed by atoms with van der Waals surface area (Å²) < 4.78 is 0. The number of allylic oxidation sites excluding steroid dienone is 2. The van der Waals surface area contributed by atoms with Gasteiger partial charge in [0.2, 0.25) is 0 Å². The topological polar surface area (TPSA) is 53.2 Å². The van der Waals surface area contributed by atoms with Gasteiger partial charge >= 0.3 is 0 Å². The highest BCUT2D eigenvalue weighted by Gasteiger charge is 2.28. The Morgan fingerprint density at radius 2 is 2.15 bits per heavy atom. The summed E-state index contributed by atoms with van der Waals surface area (Å²) in [7, 11) is 0. The lowest BCUT2D eigenvalue weighted by Crippen LogP contribution is -2.26. The van der Waals surface area contributed by atoms with Crippen LogP contribution in [0.5, 0.6) is 0 Å². The highest BCUT2D eigenvalue weighted by atomic mass is 16.1. The maximum absolute atomic E-state index is 11.6. The van der Waals surface area contributed by atoms with Crippen LogP contribution in [0.25, 0.3) is 0 Å². The third-order valence-electron chi connectivity index (χ3n) is 2.29. The highest BCUT2D eigenvalue weighted by molar-refractivity contribution is 6.15. The van der Waals surface area contributed by atoms with Gasteiger partial charge in [-0.3, -0.25) is 9.79 Å². The van der Waals surface area contributed by atoms with Gasteiger partial charge in [0.05, 0.1) is 11.6 Å². The summed E-state index contributed by atoms with van der Waals surface area (Å²) in [5.74, 6) is -0.256. The van der Waals surface area contributed by atoms with Gasteiger partial charge < -0.3 is 0 Å². The van der Waals surface area contributed by atoms with Gasteiger partial charge in [-0.05, 0) is 20.3 Å². The molecule has 68 valence electrons. The van der Waals surface area contributed by atoms with Crippen LogP contribution in [0.15, 0.2) is 16.3 Å². The first-order valence-electron chi connectivity index (χ1n) is 4.32. The summed E-state index contributed by atoms with van der Waals surface area (Å²) in [6.45, 7) is 5.47. The maximum Gasteiger partial charge on any atom is 0.183 e. The molecule has 0 spiro atoms. The average Bonchev–Trinajstić information content (AvgIpc) is 2.04. The first-order valence-corrected chi connectivity index (χ1v) is 4.32. The molecule has 0 saturated carbocycles. The summed E-state index contributed by atoms with van der Waals surface area (Å²) in [6, 6.07) is 1.91. The summed E-state index contributed by atoms with van der Waals surface area (Å²) >= 11 is 0. The van der Waals surface area contributed by atoms with Crippen molar-refractivity contribution in [1.82, 2.24) is 0 Å². The van der Waals surface area contributed by atoms with Crippen molar-refractivity contribution in [1.29, 1.82) is 5.26 Å². The molecule has 0 bridgehead atoms. The Hall–Kier alpha value is -1.43. The van der Waals surface area contributed by atoms with Crippen molar-refractivity contribution in [2.45, 2.75) is 27.2 Å². The fraction of sp³-hybridized carbons (Fsp3) is 0.500. The molecule has 0 saturated heterocycles. The summed E-state index contributed by atoms with van der Waals surface area (Å²) in [5, 5.41) is 8.73. The van der Waals surface area contributed by atoms with Gasteiger partial charge in [-0.2, -0.15) is 5.26 Å². The Labute approximate surface area is 77.8 Å². The van der Waals surface area contributed by atoms with Crippen molar-refractivity contribution in [2.24, 2.45) is 10.9 Å². The molecule has 0 aromatic rings. The fourth-order valence-corrected chi connectivity index (χ4v) is 1.56. The van der Waals surface area contributed by atoms with Gasteiger partial charge in [-0.1, -0.05) is 6.92 Å². The third kappa shape index (κ3) is 1.52. The Bertz CT molecular complexity index is 344. The van der Waals surface area contributed by atoms with Crippen LogP contribution in [0, 0.1) is 17.2 Å². The van der Waals surface area contributed by atoms with Crippen molar-refractivity contribution < 1.29 is 4.79 Å². The lowest BCUT2D eigenvalue weighted by Gasteiger charge is -2.18. The van der Waals surface area contributed by atoms with Crippen LogP contribution in [-0.4, -0.2) is 11.5 Å². The number of nitrogens with zero attached hydrogens (tertiary/aromatic N) is 2. The van der Waals surface area contributed by atoms with Crippen molar-refractivity contribution in [3.05, 3.63) is 11.3 Å². The maximum atomic E-state index is 11.6. The zero-order valence-corrected chi connectivity index (χ0v) is 8.09. The Morgan fingerprint density at radius 3 is 2.62 bits per heavy atom. The molecule has 13 heavy (non-hydrogen) atoms. The van der Waals surface area contributed by atoms with E-state index in [2.05, 4.69) is 4.99 Å². The minimum Gasteiger partial charge on any atom is -0.293 e. The van der Waals surface area contributed by atoms with E-state index in [0.29, 0.717) is 12.1 Å². The van der Waals surface area contributed by atoms with Gasteiger partial charge in [0.25, 0.3) is 0 Å². The smallest absolute Gasteiger partial charge is 0.183 e. The SMILES string of the molecule is CCC1C(=O)C(C#N)=C(C)N=C1C. The number of carbonyl (C=O) groups excluding carboxylic acids is 1. The molecule has 3 heteroatoms. The predicted octanol–water partition coefficient (Wildman–Crippen LogP) is 1.85. The minimum atomic E-state index is -0.182. The molecular weight excluding hydrogens is 164 g/mol. The highest BCUT2D eigenvalue weighted by Crippen LogP contribution is 2.22. The second kappa shape index (κ2) is 3.53. The van der Waals surface area contributed by atoms with Gasteiger partial charge in [0, 0.05) is 5.71 Å². The fourth-order valence-electron chi connectivity index (χ4n) is 1.56. The summed E-state index contributed by atoms with van der Waals surface area (Å²) in [5.41, 5.74) is 1.59. The molecule has 1 aliphatic rings. The molecule has 0 aliphatic carbocycles. The van der Waals surface area contributed by atoms with Crippen LogP contribution in [0.3, 0.4) is 0 Å². The molecule has 0 amide bonds. The zero-order chi connectivity index (χ0) is 10.0. The Morgan fingerprint density at radius 1 is 1.54 bits per heavy atom. The minimum absolute atomic E-state index is 0.0741. The largest absolute Gasteiger partial charge is 0.293 e. The van der Waals surface area contributed by atoms with E-state index in [-0.39, 0.29) is 17.3 Å². The Balaban J connectivity index is 3.18. The van der Waals surface area contributed by atoms with Crippen LogP contribution in [0.1, 0.15) is 27.2 Å². The van der Waals surface area contributed by atoms with Crippen molar-refractivity contribution in [3.8, 4) is 6.07 Å². The van der Waals surface area contributed by atoms with Crippen LogP contribution in [-0.2, 0) is 4.79 Å². The van der Waals surface area contributed by atoms with Crippen LogP contribution >= 0.6 is 0 Å². The van der Waals surface area contributed by atoms with E-state index in [1.165, 1.54) is 0 Å². The first-order chi connectivity index (χ1) is 6.11. The second-order valence-electron chi connectivity index (χ2n) is 3.15. The van der Waals surface area contributed by atoms with E-state index in [1.54, 1.807) is 6.92 Å². The molecule has 3 nitrogen and oxygen atoms in total. The van der Waals surface area contributed by atoms with Gasteiger partial charge in [-0.25, -0.2) is 0 Å². The van der Waals surface area contributed by atoms with Crippen LogP contribution < -0.4 is 0 Å². The quantitative estimate of drug-likeness (QED) is 0.612. The summed E-state index contributed by atoms with van der Waals surface area (Å²) in [6.07, 6.45) is 0.715. The molecule has 1 heterocycles. The number of nitriles is 1. The lowest BCUT2D eigenvalue weighted by molar-refractivity contribution is -0.117. The number of ketones is 1. The van der Waals surface area contributed by atoms with Gasteiger partial charge in [-0.15, -0.1) is 0 Å². The number of rotatable bonds is 1. The van der Waals surface area contributed by atoms with Gasteiger partial charge in [0.1, 0.15) is 11.6 Å². The molecule has 0 N–H and O–H groups in total. The first kappa shape index (κ1) is 9.66. The van der Waals surface area contributed by atoms with Crippen LogP contribution in [0.4, 0.5) is 0 Å². The van der Waals surface area contributed by atoms with E-state index in [0.717, 1.165) is 5.71 Å². The molecule has 0 radical (unpaired) electrons. The van der Waals surface area contributed by atoms with E-state index in [4.69, 9.17) is 5.26 Å².